The van der Waals surface area contributed by atoms with Crippen molar-refractivity contribution in [2.75, 3.05) is 11.9 Å². The predicted octanol–water partition coefficient (Wildman–Crippen LogP) is 7.50. The number of hydrogen-bond donors (Lipinski definition) is 1. The van der Waals surface area contributed by atoms with Crippen molar-refractivity contribution < 1.29 is 0 Å². The standard InChI is InChI=1S/C28H25N3.C2H6/c1-5-30-24-14-10-22(11-15-24)7-6-21-8-12-23(13-9-21)28-20(4)27(19(2)3)25-18-29-17-16-26(25)31-28;1-2/h8-18,30H,2,5H2,1,3-4H3;1-2H3. The van der Waals surface area contributed by atoms with Gasteiger partial charge in [0.2, 0.25) is 0 Å². The molecule has 2 aromatic heterocycles. The highest BCUT2D eigenvalue weighted by molar-refractivity contribution is 5.94. The fourth-order valence-electron chi connectivity index (χ4n) is 3.76. The van der Waals surface area contributed by atoms with E-state index in [1.54, 1.807) is 6.20 Å². The quantitative estimate of drug-likeness (QED) is 0.339. The number of hydrogen-bond acceptors (Lipinski definition) is 3. The first-order chi connectivity index (χ1) is 16.1. The van der Waals surface area contributed by atoms with Gasteiger partial charge in [0.15, 0.2) is 0 Å². The lowest BCUT2D eigenvalue weighted by Crippen LogP contribution is -1.97. The van der Waals surface area contributed by atoms with E-state index >= 15 is 0 Å². The SMILES string of the molecule is C=C(C)c1c(C)c(-c2ccc(C#Cc3ccc(NCC)cc3)cc2)nc2ccncc12.CC. The first kappa shape index (κ1) is 23.8. The molecule has 0 unspecified atom stereocenters. The van der Waals surface area contributed by atoms with E-state index in [1.807, 2.05) is 57.3 Å². The molecule has 3 nitrogen and oxygen atoms in total. The molecular weight excluding hydrogens is 402 g/mol. The highest BCUT2D eigenvalue weighted by Gasteiger charge is 2.13. The van der Waals surface area contributed by atoms with Gasteiger partial charge in [0.05, 0.1) is 11.2 Å². The van der Waals surface area contributed by atoms with Crippen molar-refractivity contribution in [2.45, 2.75) is 34.6 Å². The summed E-state index contributed by atoms with van der Waals surface area (Å²) in [6.07, 6.45) is 3.65. The smallest absolute Gasteiger partial charge is 0.0746 e. The van der Waals surface area contributed by atoms with Gasteiger partial charge < -0.3 is 5.32 Å². The summed E-state index contributed by atoms with van der Waals surface area (Å²) in [5.41, 5.74) is 9.31. The van der Waals surface area contributed by atoms with E-state index in [2.05, 4.69) is 66.8 Å². The Balaban J connectivity index is 0.00000149. The van der Waals surface area contributed by atoms with Crippen molar-refractivity contribution in [3.8, 4) is 23.1 Å². The molecule has 2 heterocycles. The Bertz CT molecular complexity index is 1310. The molecule has 0 aliphatic rings. The predicted molar refractivity (Wildman–Crippen MR) is 142 cm³/mol. The van der Waals surface area contributed by atoms with Crippen molar-refractivity contribution in [3.63, 3.8) is 0 Å². The van der Waals surface area contributed by atoms with Crippen LogP contribution in [0.2, 0.25) is 0 Å². The van der Waals surface area contributed by atoms with E-state index in [1.165, 1.54) is 0 Å². The van der Waals surface area contributed by atoms with Crippen LogP contribution in [0.3, 0.4) is 0 Å². The minimum atomic E-state index is 0.910. The number of allylic oxidation sites excluding steroid dienone is 1. The van der Waals surface area contributed by atoms with Crippen LogP contribution < -0.4 is 5.32 Å². The number of anilines is 1. The maximum absolute atomic E-state index is 4.91. The number of rotatable bonds is 4. The molecule has 0 bridgehead atoms. The molecule has 4 aromatic rings. The normalized spacial score (nSPS) is 9.97. The van der Waals surface area contributed by atoms with Gasteiger partial charge in [-0.15, -0.1) is 0 Å². The number of fused-ring (bicyclic) bond motifs is 1. The molecule has 0 aliphatic carbocycles. The zero-order valence-electron chi connectivity index (χ0n) is 20.2. The van der Waals surface area contributed by atoms with E-state index in [-0.39, 0.29) is 0 Å². The molecule has 0 saturated carbocycles. The largest absolute Gasteiger partial charge is 0.385 e. The van der Waals surface area contributed by atoms with Crippen LogP contribution in [-0.4, -0.2) is 16.5 Å². The summed E-state index contributed by atoms with van der Waals surface area (Å²) < 4.78 is 0. The molecule has 3 heteroatoms. The van der Waals surface area contributed by atoms with Crippen LogP contribution in [0.25, 0.3) is 27.7 Å². The summed E-state index contributed by atoms with van der Waals surface area (Å²) >= 11 is 0. The topological polar surface area (TPSA) is 37.8 Å². The molecule has 0 radical (unpaired) electrons. The molecule has 0 atom stereocenters. The van der Waals surface area contributed by atoms with E-state index in [0.717, 1.165) is 62.2 Å². The summed E-state index contributed by atoms with van der Waals surface area (Å²) in [6, 6.07) is 18.4. The lowest BCUT2D eigenvalue weighted by atomic mass is 9.94. The number of aromatic nitrogens is 2. The molecule has 0 aliphatic heterocycles. The molecule has 2 aromatic carbocycles. The fourth-order valence-corrected chi connectivity index (χ4v) is 3.76. The average Bonchev–Trinajstić information content (AvgIpc) is 2.85. The van der Waals surface area contributed by atoms with Crippen LogP contribution in [0, 0.1) is 18.8 Å². The van der Waals surface area contributed by atoms with E-state index in [4.69, 9.17) is 4.98 Å². The Morgan fingerprint density at radius 3 is 2.12 bits per heavy atom. The second-order valence-corrected chi connectivity index (χ2v) is 7.57. The van der Waals surface area contributed by atoms with Crippen molar-refractivity contribution in [2.24, 2.45) is 0 Å². The van der Waals surface area contributed by atoms with Crippen LogP contribution in [-0.2, 0) is 0 Å². The summed E-state index contributed by atoms with van der Waals surface area (Å²) in [4.78, 5) is 9.18. The molecule has 4 rings (SSSR count). The van der Waals surface area contributed by atoms with Crippen molar-refractivity contribution in [1.29, 1.82) is 0 Å². The van der Waals surface area contributed by atoms with Gasteiger partial charge in [0.1, 0.15) is 0 Å². The fraction of sp³-hybridized carbons (Fsp3) is 0.200. The summed E-state index contributed by atoms with van der Waals surface area (Å²) in [7, 11) is 0. The zero-order chi connectivity index (χ0) is 23.8. The monoisotopic (exact) mass is 433 g/mol. The minimum absolute atomic E-state index is 0.910. The van der Waals surface area contributed by atoms with Gasteiger partial charge in [-0.2, -0.15) is 0 Å². The Hall–Kier alpha value is -3.90. The van der Waals surface area contributed by atoms with Crippen molar-refractivity contribution >= 4 is 22.2 Å². The van der Waals surface area contributed by atoms with Crippen LogP contribution >= 0.6 is 0 Å². The van der Waals surface area contributed by atoms with Gasteiger partial charge in [-0.05, 0) is 79.9 Å². The third-order valence-corrected chi connectivity index (χ3v) is 5.23. The van der Waals surface area contributed by atoms with E-state index in [9.17, 15) is 0 Å². The van der Waals surface area contributed by atoms with Gasteiger partial charge in [-0.1, -0.05) is 44.4 Å². The Morgan fingerprint density at radius 2 is 1.55 bits per heavy atom. The Labute approximate surface area is 197 Å². The molecule has 166 valence electrons. The Kier molecular flexibility index (Phi) is 8.00. The highest BCUT2D eigenvalue weighted by Crippen LogP contribution is 2.32. The van der Waals surface area contributed by atoms with Crippen LogP contribution in [0.1, 0.15) is 49.9 Å². The maximum Gasteiger partial charge on any atom is 0.0746 e. The van der Waals surface area contributed by atoms with Gasteiger partial charge in [0.25, 0.3) is 0 Å². The molecule has 0 saturated heterocycles. The molecule has 0 fully saturated rings. The third-order valence-electron chi connectivity index (χ3n) is 5.23. The third kappa shape index (κ3) is 5.48. The van der Waals surface area contributed by atoms with E-state index < -0.39 is 0 Å². The molecule has 0 spiro atoms. The molecule has 33 heavy (non-hydrogen) atoms. The second-order valence-electron chi connectivity index (χ2n) is 7.57. The van der Waals surface area contributed by atoms with Crippen LogP contribution in [0.4, 0.5) is 5.69 Å². The average molecular weight is 434 g/mol. The Morgan fingerprint density at radius 1 is 0.939 bits per heavy atom. The van der Waals surface area contributed by atoms with Gasteiger partial charge >= 0.3 is 0 Å². The zero-order valence-corrected chi connectivity index (χ0v) is 20.2. The summed E-state index contributed by atoms with van der Waals surface area (Å²) in [6.45, 7) is 15.3. The second kappa shape index (κ2) is 11.1. The van der Waals surface area contributed by atoms with E-state index in [0.29, 0.717) is 0 Å². The molecule has 1 N–H and O–H groups in total. The molecular formula is C30H31N3. The highest BCUT2D eigenvalue weighted by atomic mass is 14.8. The number of nitrogens with one attached hydrogen (secondary N) is 1. The van der Waals surface area contributed by atoms with Gasteiger partial charge in [-0.25, -0.2) is 4.98 Å². The number of nitrogens with zero attached hydrogens (tertiary/aromatic N) is 2. The first-order valence-corrected chi connectivity index (χ1v) is 11.4. The summed E-state index contributed by atoms with van der Waals surface area (Å²) in [5.74, 6) is 6.49. The van der Waals surface area contributed by atoms with Crippen LogP contribution in [0.15, 0.2) is 73.6 Å². The lowest BCUT2D eigenvalue weighted by Gasteiger charge is -2.14. The molecule has 0 amide bonds. The minimum Gasteiger partial charge on any atom is -0.385 e. The lowest BCUT2D eigenvalue weighted by molar-refractivity contribution is 1.21. The maximum atomic E-state index is 4.91. The van der Waals surface area contributed by atoms with Gasteiger partial charge in [-0.3, -0.25) is 4.98 Å². The van der Waals surface area contributed by atoms with Gasteiger partial charge in [0, 0.05) is 46.7 Å². The van der Waals surface area contributed by atoms with Crippen molar-refractivity contribution in [1.82, 2.24) is 9.97 Å². The number of pyridine rings is 2. The van der Waals surface area contributed by atoms with Crippen molar-refractivity contribution in [3.05, 3.63) is 95.8 Å². The summed E-state index contributed by atoms with van der Waals surface area (Å²) in [5, 5.41) is 4.33. The number of benzene rings is 2. The van der Waals surface area contributed by atoms with Crippen LogP contribution in [0.5, 0.6) is 0 Å². The first-order valence-electron chi connectivity index (χ1n) is 11.4.